The van der Waals surface area contributed by atoms with E-state index >= 15 is 0 Å². The summed E-state index contributed by atoms with van der Waals surface area (Å²) in [5.41, 5.74) is 5.52. The number of nitrogens with one attached hydrogen (secondary N) is 1. The van der Waals surface area contributed by atoms with Crippen LogP contribution in [0.5, 0.6) is 5.75 Å². The van der Waals surface area contributed by atoms with Crippen LogP contribution in [0.4, 0.5) is 16.2 Å². The Morgan fingerprint density at radius 2 is 1.60 bits per heavy atom. The summed E-state index contributed by atoms with van der Waals surface area (Å²) in [5.74, 6) is 1.69. The molecule has 0 spiro atoms. The number of anilines is 2. The molecule has 0 aromatic heterocycles. The average molecular weight is 580 g/mol. The summed E-state index contributed by atoms with van der Waals surface area (Å²) in [6, 6.07) is 11.2. The fourth-order valence-electron chi connectivity index (χ4n) is 9.46. The summed E-state index contributed by atoms with van der Waals surface area (Å²) in [4.78, 5) is 43.2. The van der Waals surface area contributed by atoms with Crippen LogP contribution in [0, 0.1) is 17.8 Å². The molecule has 0 atom stereocenters. The van der Waals surface area contributed by atoms with Crippen molar-refractivity contribution in [3.05, 3.63) is 64.7 Å². The van der Waals surface area contributed by atoms with E-state index in [2.05, 4.69) is 56.1 Å². The third-order valence-corrected chi connectivity index (χ3v) is 10.8. The number of imide groups is 2. The predicted octanol–water partition coefficient (Wildman–Crippen LogP) is 6.85. The third kappa shape index (κ3) is 4.42. The van der Waals surface area contributed by atoms with E-state index in [4.69, 9.17) is 4.74 Å². The standard InChI is InChI=1S/C36H41N3O4/c1-6-38-30-16-31(43-5)25(14-28(30)21(2)17-35(38,3)4)15-29-32(40)37-34(42)39(33(29)41)27-9-7-26(8-10-27)36-18-22-11-23(19-36)13-24(12-22)20-36/h7-10,14-17,22-24H,6,11-13,18-20H2,1-5H3,(H,37,40,42)/b29-15-. The van der Waals surface area contributed by atoms with Gasteiger partial charge in [0.2, 0.25) is 0 Å². The minimum absolute atomic E-state index is 0.104. The predicted molar refractivity (Wildman–Crippen MR) is 169 cm³/mol. The van der Waals surface area contributed by atoms with E-state index < -0.39 is 17.8 Å². The first-order chi connectivity index (χ1) is 20.5. The van der Waals surface area contributed by atoms with Gasteiger partial charge < -0.3 is 9.64 Å². The Morgan fingerprint density at radius 1 is 0.977 bits per heavy atom. The quantitative estimate of drug-likeness (QED) is 0.310. The fraction of sp³-hybridized carbons (Fsp3) is 0.472. The van der Waals surface area contributed by atoms with Crippen LogP contribution in [0.3, 0.4) is 0 Å². The fourth-order valence-corrected chi connectivity index (χ4v) is 9.46. The summed E-state index contributed by atoms with van der Waals surface area (Å²) >= 11 is 0. The van der Waals surface area contributed by atoms with Gasteiger partial charge in [-0.2, -0.15) is 0 Å². The van der Waals surface area contributed by atoms with Gasteiger partial charge in [-0.05, 0) is 125 Å². The summed E-state index contributed by atoms with van der Waals surface area (Å²) in [6.45, 7) is 9.36. The lowest BCUT2D eigenvalue weighted by Gasteiger charge is -2.57. The van der Waals surface area contributed by atoms with Crippen molar-refractivity contribution in [1.82, 2.24) is 5.32 Å². The lowest BCUT2D eigenvalue weighted by molar-refractivity contribution is -0.122. The van der Waals surface area contributed by atoms with Crippen LogP contribution in [0.2, 0.25) is 0 Å². The largest absolute Gasteiger partial charge is 0.496 e. The molecule has 224 valence electrons. The molecule has 0 unspecified atom stereocenters. The number of barbiturate groups is 1. The first kappa shape index (κ1) is 27.9. The molecule has 4 bridgehead atoms. The van der Waals surface area contributed by atoms with Crippen LogP contribution in [0.15, 0.2) is 48.0 Å². The number of urea groups is 1. The average Bonchev–Trinajstić information content (AvgIpc) is 2.94. The van der Waals surface area contributed by atoms with Gasteiger partial charge in [-0.15, -0.1) is 0 Å². The molecule has 8 rings (SSSR count). The number of hydrogen-bond acceptors (Lipinski definition) is 5. The molecule has 2 aromatic rings. The van der Waals surface area contributed by atoms with E-state index in [0.29, 0.717) is 17.0 Å². The van der Waals surface area contributed by atoms with Gasteiger partial charge in [0.1, 0.15) is 11.3 Å². The monoisotopic (exact) mass is 579 g/mol. The summed E-state index contributed by atoms with van der Waals surface area (Å²) in [5, 5.41) is 2.39. The third-order valence-electron chi connectivity index (χ3n) is 10.8. The number of methoxy groups -OCH3 is 1. The number of nitrogens with zero attached hydrogens (tertiary/aromatic N) is 2. The number of amides is 4. The van der Waals surface area contributed by atoms with Crippen LogP contribution < -0.4 is 19.9 Å². The lowest BCUT2D eigenvalue weighted by atomic mass is 9.48. The van der Waals surface area contributed by atoms with Crippen molar-refractivity contribution >= 4 is 40.9 Å². The van der Waals surface area contributed by atoms with Crippen molar-refractivity contribution in [2.45, 2.75) is 77.2 Å². The molecule has 4 saturated carbocycles. The zero-order valence-corrected chi connectivity index (χ0v) is 25.8. The van der Waals surface area contributed by atoms with Crippen LogP contribution in [0.1, 0.15) is 82.9 Å². The van der Waals surface area contributed by atoms with Crippen molar-refractivity contribution in [2.75, 3.05) is 23.5 Å². The molecule has 4 aliphatic carbocycles. The molecule has 43 heavy (non-hydrogen) atoms. The highest BCUT2D eigenvalue weighted by Gasteiger charge is 2.51. The number of allylic oxidation sites excluding steroid dienone is 1. The van der Waals surface area contributed by atoms with Gasteiger partial charge in [0, 0.05) is 29.4 Å². The maximum atomic E-state index is 13.8. The number of fused-ring (bicyclic) bond motifs is 1. The first-order valence-electron chi connectivity index (χ1n) is 15.7. The van der Waals surface area contributed by atoms with Crippen molar-refractivity contribution in [2.24, 2.45) is 17.8 Å². The van der Waals surface area contributed by atoms with Crippen molar-refractivity contribution in [3.8, 4) is 5.75 Å². The van der Waals surface area contributed by atoms with Crippen LogP contribution in [0.25, 0.3) is 11.6 Å². The molecule has 4 amide bonds. The summed E-state index contributed by atoms with van der Waals surface area (Å²) in [6.07, 6.45) is 11.6. The number of hydrogen-bond donors (Lipinski definition) is 1. The minimum Gasteiger partial charge on any atom is -0.496 e. The molecule has 5 fully saturated rings. The van der Waals surface area contributed by atoms with Gasteiger partial charge >= 0.3 is 6.03 Å². The second-order valence-corrected chi connectivity index (χ2v) is 14.0. The second-order valence-electron chi connectivity index (χ2n) is 14.0. The summed E-state index contributed by atoms with van der Waals surface area (Å²) in [7, 11) is 1.58. The smallest absolute Gasteiger partial charge is 0.335 e. The Labute approximate surface area is 254 Å². The molecule has 6 aliphatic rings. The van der Waals surface area contributed by atoms with Crippen LogP contribution >= 0.6 is 0 Å². The molecule has 2 aromatic carbocycles. The Kier molecular flexibility index (Phi) is 6.39. The number of rotatable bonds is 5. The van der Waals surface area contributed by atoms with Crippen molar-refractivity contribution in [3.63, 3.8) is 0 Å². The van der Waals surface area contributed by atoms with Crippen molar-refractivity contribution in [1.29, 1.82) is 0 Å². The highest BCUT2D eigenvalue weighted by Crippen LogP contribution is 2.60. The molecule has 1 N–H and O–H groups in total. The highest BCUT2D eigenvalue weighted by molar-refractivity contribution is 6.39. The van der Waals surface area contributed by atoms with Gasteiger partial charge in [-0.3, -0.25) is 14.9 Å². The van der Waals surface area contributed by atoms with Gasteiger partial charge in [0.15, 0.2) is 0 Å². The number of carbonyl (C=O) groups excluding carboxylic acids is 3. The second kappa shape index (κ2) is 9.83. The van der Waals surface area contributed by atoms with Crippen molar-refractivity contribution < 1.29 is 19.1 Å². The van der Waals surface area contributed by atoms with Crippen LogP contribution in [-0.4, -0.2) is 37.0 Å². The highest BCUT2D eigenvalue weighted by atomic mass is 16.5. The number of carbonyl (C=O) groups is 3. The summed E-state index contributed by atoms with van der Waals surface area (Å²) < 4.78 is 5.75. The molecule has 7 nitrogen and oxygen atoms in total. The Hall–Kier alpha value is -3.87. The van der Waals surface area contributed by atoms with E-state index in [-0.39, 0.29) is 16.5 Å². The Morgan fingerprint density at radius 3 is 2.19 bits per heavy atom. The molecule has 2 aliphatic heterocycles. The van der Waals surface area contributed by atoms with E-state index in [0.717, 1.165) is 46.0 Å². The zero-order valence-electron chi connectivity index (χ0n) is 25.8. The minimum atomic E-state index is -0.730. The van der Waals surface area contributed by atoms with Gasteiger partial charge in [0.05, 0.1) is 18.3 Å². The Bertz CT molecular complexity index is 1560. The molecule has 0 radical (unpaired) electrons. The molecule has 2 heterocycles. The number of ether oxygens (including phenoxy) is 1. The van der Waals surface area contributed by atoms with Crippen LogP contribution in [-0.2, 0) is 15.0 Å². The van der Waals surface area contributed by atoms with E-state index in [1.54, 1.807) is 13.2 Å². The van der Waals surface area contributed by atoms with E-state index in [9.17, 15) is 14.4 Å². The number of benzene rings is 2. The molecule has 1 saturated heterocycles. The maximum absolute atomic E-state index is 13.8. The lowest BCUT2D eigenvalue weighted by Crippen LogP contribution is -2.54. The topological polar surface area (TPSA) is 79.0 Å². The number of likely N-dealkylation sites (N-methyl/N-ethyl adjacent to an activating group) is 1. The maximum Gasteiger partial charge on any atom is 0.335 e. The van der Waals surface area contributed by atoms with Gasteiger partial charge in [0.25, 0.3) is 11.8 Å². The van der Waals surface area contributed by atoms with Gasteiger partial charge in [-0.1, -0.05) is 18.2 Å². The van der Waals surface area contributed by atoms with E-state index in [1.165, 1.54) is 44.1 Å². The normalized spacial score (nSPS) is 30.0. The van der Waals surface area contributed by atoms with E-state index in [1.807, 2.05) is 24.3 Å². The first-order valence-corrected chi connectivity index (χ1v) is 15.7. The molecule has 7 heteroatoms. The Balaban J connectivity index is 1.22. The molecular formula is C36H41N3O4. The zero-order chi connectivity index (χ0) is 30.3. The molecular weight excluding hydrogens is 538 g/mol. The van der Waals surface area contributed by atoms with Gasteiger partial charge in [-0.25, -0.2) is 9.69 Å². The SMILES string of the molecule is CCN1c2cc(OC)c(/C=C3/C(=O)NC(=O)N(c4ccc(C56CC7CC(CC(C7)C5)C6)cc4)C3=O)cc2C(C)=CC1(C)C.